The van der Waals surface area contributed by atoms with Crippen LogP contribution < -0.4 is 0 Å². The highest BCUT2D eigenvalue weighted by molar-refractivity contribution is 6.15. The van der Waals surface area contributed by atoms with E-state index in [1.807, 2.05) is 0 Å². The lowest BCUT2D eigenvalue weighted by Gasteiger charge is -2.12. The summed E-state index contributed by atoms with van der Waals surface area (Å²) in [6.07, 6.45) is 0.894. The molecule has 0 saturated heterocycles. The van der Waals surface area contributed by atoms with E-state index in [2.05, 4.69) is 9.73 Å². The first kappa shape index (κ1) is 18.7. The van der Waals surface area contributed by atoms with E-state index in [1.54, 1.807) is 6.92 Å². The van der Waals surface area contributed by atoms with Gasteiger partial charge in [0.1, 0.15) is 11.3 Å². The second kappa shape index (κ2) is 7.75. The molecule has 0 radical (unpaired) electrons. The fourth-order valence-electron chi connectivity index (χ4n) is 1.76. The van der Waals surface area contributed by atoms with Gasteiger partial charge < -0.3 is 9.84 Å². The molecule has 0 spiro atoms. The minimum absolute atomic E-state index is 0.0524. The Morgan fingerprint density at radius 1 is 1.13 bits per heavy atom. The van der Waals surface area contributed by atoms with Crippen LogP contribution in [0.3, 0.4) is 0 Å². The van der Waals surface area contributed by atoms with Crippen molar-refractivity contribution in [1.82, 2.24) is 0 Å². The molecule has 0 aromatic heterocycles. The highest BCUT2D eigenvalue weighted by Crippen LogP contribution is 2.29. The summed E-state index contributed by atoms with van der Waals surface area (Å²) in [4.78, 5) is 15.5. The molecule has 0 aliphatic rings. The summed E-state index contributed by atoms with van der Waals surface area (Å²) in [6.45, 7) is 4.23. The number of carbonyl (C=O) groups excluding carboxylic acids is 1. The first-order valence-corrected chi connectivity index (χ1v) is 6.70. The monoisotopic (exact) mass is 333 g/mol. The number of carbonyl (C=O) groups is 1. The van der Waals surface area contributed by atoms with Crippen LogP contribution in [0.15, 0.2) is 10.6 Å². The molecule has 0 atom stereocenters. The number of aliphatic hydroxyl groups is 1. The molecule has 0 bridgehead atoms. The summed E-state index contributed by atoms with van der Waals surface area (Å²) in [5.74, 6) is -9.73. The number of nitrogens with zero attached hydrogens (tertiary/aromatic N) is 1. The lowest BCUT2D eigenvalue weighted by molar-refractivity contribution is -0.137. The quantitative estimate of drug-likeness (QED) is 0.171. The van der Waals surface area contributed by atoms with Gasteiger partial charge in [0.05, 0.1) is 12.2 Å². The summed E-state index contributed by atoms with van der Waals surface area (Å²) in [6, 6.07) is 0. The minimum atomic E-state index is -2.09. The molecular weight excluding hydrogens is 318 g/mol. The van der Waals surface area contributed by atoms with E-state index >= 15 is 0 Å². The summed E-state index contributed by atoms with van der Waals surface area (Å²) in [5.41, 5.74) is -2.25. The number of ether oxygens (including phenoxy) is 1. The van der Waals surface area contributed by atoms with E-state index < -0.39 is 51.7 Å². The van der Waals surface area contributed by atoms with Gasteiger partial charge in [-0.15, -0.1) is 0 Å². The van der Waals surface area contributed by atoms with Crippen LogP contribution in [-0.2, 0) is 9.53 Å². The van der Waals surface area contributed by atoms with Gasteiger partial charge in [-0.2, -0.15) is 0 Å². The SMILES string of the molecule is CCN=C/C(C(=O)OCC)=C(/O)c1c(C)c(F)c(F)c(F)c1F. The third kappa shape index (κ3) is 3.69. The van der Waals surface area contributed by atoms with Gasteiger partial charge in [0.25, 0.3) is 0 Å². The summed E-state index contributed by atoms with van der Waals surface area (Å²) in [5, 5.41) is 10.1. The lowest BCUT2D eigenvalue weighted by atomic mass is 10.0. The van der Waals surface area contributed by atoms with E-state index in [0.29, 0.717) is 0 Å². The van der Waals surface area contributed by atoms with Crippen molar-refractivity contribution in [3.63, 3.8) is 0 Å². The number of esters is 1. The summed E-state index contributed by atoms with van der Waals surface area (Å²) >= 11 is 0. The number of aliphatic hydroxyl groups excluding tert-OH is 1. The van der Waals surface area contributed by atoms with Crippen molar-refractivity contribution in [1.29, 1.82) is 0 Å². The first-order chi connectivity index (χ1) is 10.8. The largest absolute Gasteiger partial charge is 0.506 e. The van der Waals surface area contributed by atoms with Crippen molar-refractivity contribution in [2.24, 2.45) is 4.99 Å². The van der Waals surface area contributed by atoms with E-state index in [4.69, 9.17) is 0 Å². The molecule has 0 heterocycles. The predicted molar refractivity (Wildman–Crippen MR) is 76.2 cm³/mol. The molecular formula is C15H15F4NO3. The summed E-state index contributed by atoms with van der Waals surface area (Å²) in [7, 11) is 0. The van der Waals surface area contributed by atoms with Crippen molar-refractivity contribution < 1.29 is 32.2 Å². The van der Waals surface area contributed by atoms with Gasteiger partial charge in [-0.3, -0.25) is 4.99 Å². The molecule has 1 aromatic rings. The minimum Gasteiger partial charge on any atom is -0.506 e. The number of benzene rings is 1. The Kier molecular flexibility index (Phi) is 6.29. The molecule has 126 valence electrons. The zero-order valence-electron chi connectivity index (χ0n) is 12.7. The smallest absolute Gasteiger partial charge is 0.343 e. The number of hydrogen-bond acceptors (Lipinski definition) is 4. The average Bonchev–Trinajstić information content (AvgIpc) is 2.52. The molecule has 0 unspecified atom stereocenters. The maximum absolute atomic E-state index is 13.9. The Labute approximate surface area is 130 Å². The van der Waals surface area contributed by atoms with Crippen molar-refractivity contribution in [2.45, 2.75) is 20.8 Å². The van der Waals surface area contributed by atoms with Crippen molar-refractivity contribution in [3.05, 3.63) is 40.0 Å². The Bertz CT molecular complexity index is 655. The van der Waals surface area contributed by atoms with Gasteiger partial charge in [0, 0.05) is 18.3 Å². The predicted octanol–water partition coefficient (Wildman–Crippen LogP) is 3.47. The zero-order chi connectivity index (χ0) is 17.7. The van der Waals surface area contributed by atoms with Crippen LogP contribution in [0.4, 0.5) is 17.6 Å². The molecule has 0 fully saturated rings. The topological polar surface area (TPSA) is 58.9 Å². The second-order valence-corrected chi connectivity index (χ2v) is 4.37. The fourth-order valence-corrected chi connectivity index (χ4v) is 1.76. The fraction of sp³-hybridized carbons (Fsp3) is 0.333. The van der Waals surface area contributed by atoms with Crippen LogP contribution in [-0.4, -0.2) is 30.4 Å². The van der Waals surface area contributed by atoms with E-state index in [-0.39, 0.29) is 13.2 Å². The molecule has 8 heteroatoms. The third-order valence-corrected chi connectivity index (χ3v) is 2.89. The van der Waals surface area contributed by atoms with Gasteiger partial charge in [-0.1, -0.05) is 0 Å². The van der Waals surface area contributed by atoms with Crippen molar-refractivity contribution in [2.75, 3.05) is 13.2 Å². The van der Waals surface area contributed by atoms with Gasteiger partial charge in [-0.25, -0.2) is 22.4 Å². The van der Waals surface area contributed by atoms with E-state index in [9.17, 15) is 27.5 Å². The second-order valence-electron chi connectivity index (χ2n) is 4.37. The van der Waals surface area contributed by atoms with Crippen LogP contribution in [0, 0.1) is 30.2 Å². The molecule has 0 amide bonds. The molecule has 1 rings (SSSR count). The standard InChI is InChI=1S/C15H15F4NO3/c1-4-20-6-8(15(22)23-5-2)14(21)9-7(3)10(16)12(18)13(19)11(9)17/h6,21H,4-5H2,1-3H3/b14-8-,20-6?. The Hall–Kier alpha value is -2.38. The average molecular weight is 333 g/mol. The summed E-state index contributed by atoms with van der Waals surface area (Å²) < 4.78 is 58.7. The number of halogens is 4. The maximum Gasteiger partial charge on any atom is 0.343 e. The molecule has 0 aliphatic heterocycles. The zero-order valence-corrected chi connectivity index (χ0v) is 12.7. The number of aliphatic imine (C=N–C) groups is 1. The number of rotatable bonds is 5. The van der Waals surface area contributed by atoms with Crippen LogP contribution in [0.25, 0.3) is 5.76 Å². The Morgan fingerprint density at radius 3 is 2.22 bits per heavy atom. The van der Waals surface area contributed by atoms with Crippen molar-refractivity contribution in [3.8, 4) is 0 Å². The highest BCUT2D eigenvalue weighted by atomic mass is 19.2. The first-order valence-electron chi connectivity index (χ1n) is 6.70. The molecule has 23 heavy (non-hydrogen) atoms. The van der Waals surface area contributed by atoms with E-state index in [1.165, 1.54) is 6.92 Å². The van der Waals surface area contributed by atoms with Gasteiger partial charge in [-0.05, 0) is 20.8 Å². The van der Waals surface area contributed by atoms with Gasteiger partial charge >= 0.3 is 5.97 Å². The van der Waals surface area contributed by atoms with Crippen molar-refractivity contribution >= 4 is 17.9 Å². The van der Waals surface area contributed by atoms with Crippen LogP contribution in [0.1, 0.15) is 25.0 Å². The molecule has 1 N–H and O–H groups in total. The van der Waals surface area contributed by atoms with Crippen LogP contribution >= 0.6 is 0 Å². The van der Waals surface area contributed by atoms with Crippen LogP contribution in [0.2, 0.25) is 0 Å². The number of hydrogen-bond donors (Lipinski definition) is 1. The van der Waals surface area contributed by atoms with E-state index in [0.717, 1.165) is 13.1 Å². The van der Waals surface area contributed by atoms with Gasteiger partial charge in [0.15, 0.2) is 23.3 Å². The Balaban J connectivity index is 3.69. The normalized spacial score (nSPS) is 12.5. The van der Waals surface area contributed by atoms with Crippen LogP contribution in [0.5, 0.6) is 0 Å². The molecule has 0 saturated carbocycles. The molecule has 4 nitrogen and oxygen atoms in total. The Morgan fingerprint density at radius 2 is 1.70 bits per heavy atom. The van der Waals surface area contributed by atoms with Gasteiger partial charge in [0.2, 0.25) is 0 Å². The molecule has 1 aromatic carbocycles. The molecule has 0 aliphatic carbocycles. The maximum atomic E-state index is 13.9. The highest BCUT2D eigenvalue weighted by Gasteiger charge is 2.28. The lowest BCUT2D eigenvalue weighted by Crippen LogP contribution is -2.14. The third-order valence-electron chi connectivity index (χ3n) is 2.89.